The van der Waals surface area contributed by atoms with E-state index in [1.165, 1.54) is 7.11 Å². The maximum atomic E-state index is 11.3. The molecule has 0 N–H and O–H groups in total. The molecule has 100 valence electrons. The molecule has 2 rings (SSSR count). The minimum absolute atomic E-state index is 0.200. The van der Waals surface area contributed by atoms with E-state index in [4.69, 9.17) is 5.26 Å². The molecular formula is C14H17N3O2. The summed E-state index contributed by atoms with van der Waals surface area (Å²) in [5.41, 5.74) is 1.40. The normalized spacial score (nSPS) is 16.8. The smallest absolute Gasteiger partial charge is 0.339 e. The summed E-state index contributed by atoms with van der Waals surface area (Å²) < 4.78 is 4.63. The van der Waals surface area contributed by atoms with Gasteiger partial charge in [-0.25, -0.2) is 4.79 Å². The monoisotopic (exact) mass is 259 g/mol. The number of esters is 1. The topological polar surface area (TPSA) is 66.2 Å². The highest BCUT2D eigenvalue weighted by Gasteiger charge is 2.19. The number of carbonyl (C=O) groups excluding carboxylic acids is 1. The van der Waals surface area contributed by atoms with E-state index in [0.717, 1.165) is 38.2 Å². The number of ether oxygens (including phenoxy) is 1. The van der Waals surface area contributed by atoms with Gasteiger partial charge in [0.25, 0.3) is 0 Å². The first-order valence-electron chi connectivity index (χ1n) is 6.38. The van der Waals surface area contributed by atoms with Gasteiger partial charge in [0.05, 0.1) is 24.4 Å². The average molecular weight is 259 g/mol. The Bertz CT molecular complexity index is 470. The van der Waals surface area contributed by atoms with E-state index >= 15 is 0 Å². The number of piperidine rings is 1. The SMILES string of the molecule is COC(=O)c1ccc(CN2CCC(C#N)CC2)nc1. The van der Waals surface area contributed by atoms with Crippen LogP contribution in [-0.2, 0) is 11.3 Å². The molecule has 1 saturated heterocycles. The summed E-state index contributed by atoms with van der Waals surface area (Å²) in [5.74, 6) is -0.167. The van der Waals surface area contributed by atoms with Crippen molar-refractivity contribution in [3.8, 4) is 6.07 Å². The second-order valence-corrected chi connectivity index (χ2v) is 4.71. The summed E-state index contributed by atoms with van der Waals surface area (Å²) in [6.45, 7) is 2.62. The number of hydrogen-bond donors (Lipinski definition) is 0. The zero-order valence-corrected chi connectivity index (χ0v) is 11.0. The molecule has 0 bridgehead atoms. The van der Waals surface area contributed by atoms with E-state index < -0.39 is 0 Å². The number of rotatable bonds is 3. The van der Waals surface area contributed by atoms with Gasteiger partial charge in [0.1, 0.15) is 0 Å². The third-order valence-corrected chi connectivity index (χ3v) is 3.40. The molecule has 1 fully saturated rings. The predicted molar refractivity (Wildman–Crippen MR) is 69.2 cm³/mol. The third-order valence-electron chi connectivity index (χ3n) is 3.40. The van der Waals surface area contributed by atoms with E-state index in [9.17, 15) is 4.79 Å². The van der Waals surface area contributed by atoms with Gasteiger partial charge in [-0.2, -0.15) is 5.26 Å². The zero-order valence-electron chi connectivity index (χ0n) is 11.0. The van der Waals surface area contributed by atoms with Crippen LogP contribution < -0.4 is 0 Å². The number of methoxy groups -OCH3 is 1. The molecule has 1 aliphatic rings. The van der Waals surface area contributed by atoms with Gasteiger partial charge in [0.2, 0.25) is 0 Å². The second-order valence-electron chi connectivity index (χ2n) is 4.71. The van der Waals surface area contributed by atoms with Gasteiger partial charge < -0.3 is 4.74 Å². The number of aromatic nitrogens is 1. The first-order valence-corrected chi connectivity index (χ1v) is 6.38. The van der Waals surface area contributed by atoms with Crippen LogP contribution in [0.4, 0.5) is 0 Å². The van der Waals surface area contributed by atoms with E-state index in [2.05, 4.69) is 20.7 Å². The Morgan fingerprint density at radius 2 is 2.26 bits per heavy atom. The Labute approximate surface area is 112 Å². The average Bonchev–Trinajstić information content (AvgIpc) is 2.48. The van der Waals surface area contributed by atoms with E-state index in [1.54, 1.807) is 12.3 Å². The number of nitrogens with zero attached hydrogens (tertiary/aromatic N) is 3. The maximum Gasteiger partial charge on any atom is 0.339 e. The van der Waals surface area contributed by atoms with Crippen molar-refractivity contribution in [1.82, 2.24) is 9.88 Å². The van der Waals surface area contributed by atoms with Crippen molar-refractivity contribution in [2.24, 2.45) is 5.92 Å². The van der Waals surface area contributed by atoms with Crippen molar-refractivity contribution in [3.05, 3.63) is 29.6 Å². The largest absolute Gasteiger partial charge is 0.465 e. The molecule has 5 nitrogen and oxygen atoms in total. The van der Waals surface area contributed by atoms with E-state index in [0.29, 0.717) is 5.56 Å². The fraction of sp³-hybridized carbons (Fsp3) is 0.500. The highest BCUT2D eigenvalue weighted by Crippen LogP contribution is 2.17. The number of pyridine rings is 1. The van der Waals surface area contributed by atoms with Gasteiger partial charge in [-0.3, -0.25) is 9.88 Å². The standard InChI is InChI=1S/C14H17N3O2/c1-19-14(18)12-2-3-13(16-9-12)10-17-6-4-11(8-15)5-7-17/h2-3,9,11H,4-7,10H2,1H3. The molecular weight excluding hydrogens is 242 g/mol. The second kappa shape index (κ2) is 6.30. The van der Waals surface area contributed by atoms with Crippen LogP contribution >= 0.6 is 0 Å². The number of nitriles is 1. The lowest BCUT2D eigenvalue weighted by Gasteiger charge is -2.28. The fourth-order valence-corrected chi connectivity index (χ4v) is 2.21. The van der Waals surface area contributed by atoms with Gasteiger partial charge in [-0.15, -0.1) is 0 Å². The third kappa shape index (κ3) is 3.52. The molecule has 0 radical (unpaired) electrons. The summed E-state index contributed by atoms with van der Waals surface area (Å²) >= 11 is 0. The fourth-order valence-electron chi connectivity index (χ4n) is 2.21. The highest BCUT2D eigenvalue weighted by molar-refractivity contribution is 5.88. The lowest BCUT2D eigenvalue weighted by Crippen LogP contribution is -2.33. The molecule has 0 aromatic carbocycles. The van der Waals surface area contributed by atoms with Crippen molar-refractivity contribution in [2.75, 3.05) is 20.2 Å². The van der Waals surface area contributed by atoms with Crippen LogP contribution in [0.2, 0.25) is 0 Å². The van der Waals surface area contributed by atoms with Crippen LogP contribution in [-0.4, -0.2) is 36.1 Å². The van der Waals surface area contributed by atoms with Gasteiger partial charge in [0, 0.05) is 18.7 Å². The molecule has 0 saturated carbocycles. The molecule has 0 spiro atoms. The van der Waals surface area contributed by atoms with Gasteiger partial charge in [0.15, 0.2) is 0 Å². The van der Waals surface area contributed by atoms with Crippen LogP contribution in [0.15, 0.2) is 18.3 Å². The number of likely N-dealkylation sites (tertiary alicyclic amines) is 1. The predicted octanol–water partition coefficient (Wildman–Crippen LogP) is 1.60. The molecule has 1 aliphatic heterocycles. The lowest BCUT2D eigenvalue weighted by molar-refractivity contribution is 0.0600. The summed E-state index contributed by atoms with van der Waals surface area (Å²) in [6.07, 6.45) is 3.40. The molecule has 0 amide bonds. The van der Waals surface area contributed by atoms with Crippen LogP contribution in [0.1, 0.15) is 28.9 Å². The zero-order chi connectivity index (χ0) is 13.7. The molecule has 1 aromatic rings. The van der Waals surface area contributed by atoms with Crippen molar-refractivity contribution in [2.45, 2.75) is 19.4 Å². The van der Waals surface area contributed by atoms with Crippen LogP contribution in [0.3, 0.4) is 0 Å². The van der Waals surface area contributed by atoms with Gasteiger partial charge in [-0.1, -0.05) is 0 Å². The van der Waals surface area contributed by atoms with E-state index in [-0.39, 0.29) is 11.9 Å². The number of hydrogen-bond acceptors (Lipinski definition) is 5. The summed E-state index contributed by atoms with van der Waals surface area (Å²) in [4.78, 5) is 17.8. The number of carbonyl (C=O) groups is 1. The Kier molecular flexibility index (Phi) is 4.48. The summed E-state index contributed by atoms with van der Waals surface area (Å²) in [7, 11) is 1.36. The van der Waals surface area contributed by atoms with Crippen LogP contribution in [0, 0.1) is 17.2 Å². The maximum absolute atomic E-state index is 11.3. The van der Waals surface area contributed by atoms with Crippen molar-refractivity contribution >= 4 is 5.97 Å². The summed E-state index contributed by atoms with van der Waals surface area (Å²) in [6, 6.07) is 5.90. The highest BCUT2D eigenvalue weighted by atomic mass is 16.5. The minimum Gasteiger partial charge on any atom is -0.465 e. The molecule has 0 atom stereocenters. The Hall–Kier alpha value is -1.93. The van der Waals surface area contributed by atoms with E-state index in [1.807, 2.05) is 6.07 Å². The lowest BCUT2D eigenvalue weighted by atomic mass is 9.98. The minimum atomic E-state index is -0.367. The Morgan fingerprint density at radius 1 is 1.53 bits per heavy atom. The first kappa shape index (κ1) is 13.5. The first-order chi connectivity index (χ1) is 9.22. The van der Waals surface area contributed by atoms with Crippen molar-refractivity contribution in [3.63, 3.8) is 0 Å². The van der Waals surface area contributed by atoms with Crippen LogP contribution in [0.5, 0.6) is 0 Å². The molecule has 1 aromatic heterocycles. The molecule has 0 aliphatic carbocycles. The molecule has 2 heterocycles. The molecule has 5 heteroatoms. The quantitative estimate of drug-likeness (QED) is 0.771. The Morgan fingerprint density at radius 3 is 2.79 bits per heavy atom. The van der Waals surface area contributed by atoms with Gasteiger partial charge in [-0.05, 0) is 38.1 Å². The molecule has 19 heavy (non-hydrogen) atoms. The molecule has 0 unspecified atom stereocenters. The van der Waals surface area contributed by atoms with Crippen molar-refractivity contribution < 1.29 is 9.53 Å². The summed E-state index contributed by atoms with van der Waals surface area (Å²) in [5, 5.41) is 8.85. The van der Waals surface area contributed by atoms with Crippen LogP contribution in [0.25, 0.3) is 0 Å². The Balaban J connectivity index is 1.90. The van der Waals surface area contributed by atoms with Gasteiger partial charge >= 0.3 is 5.97 Å². The van der Waals surface area contributed by atoms with Crippen molar-refractivity contribution in [1.29, 1.82) is 5.26 Å².